The van der Waals surface area contributed by atoms with Gasteiger partial charge in [-0.2, -0.15) is 0 Å². The van der Waals surface area contributed by atoms with E-state index in [4.69, 9.17) is 0 Å². The third-order valence-electron chi connectivity index (χ3n) is 2.79. The Hall–Kier alpha value is -1.57. The maximum absolute atomic E-state index is 11.2. The van der Waals surface area contributed by atoms with Crippen LogP contribution in [0, 0.1) is 5.92 Å². The molecule has 2 nitrogen and oxygen atoms in total. The van der Waals surface area contributed by atoms with Gasteiger partial charge in [0.15, 0.2) is 0 Å². The molecule has 0 aliphatic heterocycles. The highest BCUT2D eigenvalue weighted by molar-refractivity contribution is 5.92. The predicted molar refractivity (Wildman–Crippen MR) is 66.1 cm³/mol. The minimum atomic E-state index is -0.808. The van der Waals surface area contributed by atoms with Crippen LogP contribution < -0.4 is 0 Å². The minimum Gasteiger partial charge on any atom is -0.478 e. The summed E-state index contributed by atoms with van der Waals surface area (Å²) in [5.41, 5.74) is 1.46. The van der Waals surface area contributed by atoms with Crippen LogP contribution in [-0.2, 0) is 4.79 Å². The molecule has 0 saturated heterocycles. The Morgan fingerprint density at radius 3 is 2.25 bits per heavy atom. The van der Waals surface area contributed by atoms with Crippen LogP contribution in [0.3, 0.4) is 0 Å². The molecule has 0 spiro atoms. The Morgan fingerprint density at radius 1 is 1.25 bits per heavy atom. The highest BCUT2D eigenvalue weighted by Crippen LogP contribution is 2.21. The summed E-state index contributed by atoms with van der Waals surface area (Å²) < 4.78 is 0. The molecule has 0 amide bonds. The molecule has 0 aliphatic carbocycles. The number of hydrogen-bond acceptors (Lipinski definition) is 1. The van der Waals surface area contributed by atoms with Crippen molar-refractivity contribution in [2.75, 3.05) is 0 Å². The molecular formula is C14H18O2. The van der Waals surface area contributed by atoms with Gasteiger partial charge in [-0.3, -0.25) is 0 Å². The second-order valence-electron chi connectivity index (χ2n) is 3.83. The third kappa shape index (κ3) is 3.23. The van der Waals surface area contributed by atoms with Crippen LogP contribution in [0.1, 0.15) is 32.3 Å². The Labute approximate surface area is 96.6 Å². The van der Waals surface area contributed by atoms with Gasteiger partial charge in [-0.25, -0.2) is 4.79 Å². The molecule has 0 heterocycles. The zero-order chi connectivity index (χ0) is 12.0. The molecule has 86 valence electrons. The second kappa shape index (κ2) is 6.11. The first-order valence-corrected chi connectivity index (χ1v) is 5.69. The summed E-state index contributed by atoms with van der Waals surface area (Å²) in [6.07, 6.45) is 3.50. The van der Waals surface area contributed by atoms with Crippen molar-refractivity contribution < 1.29 is 9.90 Å². The fourth-order valence-electron chi connectivity index (χ4n) is 1.81. The predicted octanol–water partition coefficient (Wildman–Crippen LogP) is 3.59. The van der Waals surface area contributed by atoms with Gasteiger partial charge in [-0.15, -0.1) is 0 Å². The molecule has 1 N–H and O–H groups in total. The van der Waals surface area contributed by atoms with E-state index in [2.05, 4.69) is 0 Å². The van der Waals surface area contributed by atoms with E-state index >= 15 is 0 Å². The quantitative estimate of drug-likeness (QED) is 0.767. The molecule has 0 unspecified atom stereocenters. The summed E-state index contributed by atoms with van der Waals surface area (Å²) >= 11 is 0. The lowest BCUT2D eigenvalue weighted by Gasteiger charge is -2.13. The lowest BCUT2D eigenvalue weighted by Crippen LogP contribution is -2.11. The fourth-order valence-corrected chi connectivity index (χ4v) is 1.81. The SMILES string of the molecule is CCC(CC)C(=Cc1ccccc1)C(=O)O. The molecule has 0 saturated carbocycles. The van der Waals surface area contributed by atoms with Crippen molar-refractivity contribution in [3.05, 3.63) is 41.5 Å². The average molecular weight is 218 g/mol. The van der Waals surface area contributed by atoms with Crippen LogP contribution in [0.5, 0.6) is 0 Å². The maximum Gasteiger partial charge on any atom is 0.331 e. The zero-order valence-electron chi connectivity index (χ0n) is 9.81. The van der Waals surface area contributed by atoms with E-state index in [-0.39, 0.29) is 5.92 Å². The molecule has 0 aliphatic rings. The smallest absolute Gasteiger partial charge is 0.331 e. The van der Waals surface area contributed by atoms with E-state index in [0.29, 0.717) is 5.57 Å². The van der Waals surface area contributed by atoms with Crippen LogP contribution in [0.25, 0.3) is 6.08 Å². The molecule has 0 fully saturated rings. The van der Waals surface area contributed by atoms with Crippen LogP contribution in [0.15, 0.2) is 35.9 Å². The number of aliphatic carboxylic acids is 1. The summed E-state index contributed by atoms with van der Waals surface area (Å²) in [5.74, 6) is -0.671. The summed E-state index contributed by atoms with van der Waals surface area (Å²) in [6, 6.07) is 9.60. The number of carboxylic acid groups (broad SMARTS) is 1. The van der Waals surface area contributed by atoms with Crippen molar-refractivity contribution in [1.29, 1.82) is 0 Å². The monoisotopic (exact) mass is 218 g/mol. The fraction of sp³-hybridized carbons (Fsp3) is 0.357. The van der Waals surface area contributed by atoms with Crippen molar-refractivity contribution in [2.45, 2.75) is 26.7 Å². The first-order chi connectivity index (χ1) is 7.69. The molecule has 1 aromatic carbocycles. The van der Waals surface area contributed by atoms with Gasteiger partial charge < -0.3 is 5.11 Å². The Morgan fingerprint density at radius 2 is 1.81 bits per heavy atom. The molecule has 16 heavy (non-hydrogen) atoms. The van der Waals surface area contributed by atoms with Crippen LogP contribution in [-0.4, -0.2) is 11.1 Å². The number of rotatable bonds is 5. The Kier molecular flexibility index (Phi) is 4.77. The Bertz CT molecular complexity index is 362. The summed E-state index contributed by atoms with van der Waals surface area (Å²) in [7, 11) is 0. The van der Waals surface area contributed by atoms with Crippen molar-refractivity contribution in [3.63, 3.8) is 0 Å². The number of carboxylic acids is 1. The van der Waals surface area contributed by atoms with Gasteiger partial charge in [0.2, 0.25) is 0 Å². The Balaban J connectivity index is 3.02. The lowest BCUT2D eigenvalue weighted by molar-refractivity contribution is -0.133. The van der Waals surface area contributed by atoms with E-state index in [9.17, 15) is 9.90 Å². The van der Waals surface area contributed by atoms with Crippen molar-refractivity contribution in [3.8, 4) is 0 Å². The zero-order valence-corrected chi connectivity index (χ0v) is 9.81. The van der Waals surface area contributed by atoms with E-state index < -0.39 is 5.97 Å². The molecular weight excluding hydrogens is 200 g/mol. The van der Waals surface area contributed by atoms with E-state index in [1.165, 1.54) is 0 Å². The number of carbonyl (C=O) groups is 1. The van der Waals surface area contributed by atoms with Gasteiger partial charge in [0.25, 0.3) is 0 Å². The van der Waals surface area contributed by atoms with Gasteiger partial charge in [-0.05, 0) is 30.4 Å². The minimum absolute atomic E-state index is 0.137. The van der Waals surface area contributed by atoms with E-state index in [0.717, 1.165) is 18.4 Å². The summed E-state index contributed by atoms with van der Waals surface area (Å²) in [6.45, 7) is 4.05. The maximum atomic E-state index is 11.2. The first kappa shape index (κ1) is 12.5. The first-order valence-electron chi connectivity index (χ1n) is 5.69. The standard InChI is InChI=1S/C14H18O2/c1-3-12(4-2)13(14(15)16)10-11-8-6-5-7-9-11/h5-10,12H,3-4H2,1-2H3,(H,15,16). The normalized spacial score (nSPS) is 11.8. The molecule has 1 rings (SSSR count). The highest BCUT2D eigenvalue weighted by Gasteiger charge is 2.16. The molecule has 1 aromatic rings. The molecule has 0 bridgehead atoms. The summed E-state index contributed by atoms with van der Waals surface area (Å²) in [5, 5.41) is 9.20. The van der Waals surface area contributed by atoms with Gasteiger partial charge >= 0.3 is 5.97 Å². The average Bonchev–Trinajstić information content (AvgIpc) is 2.30. The van der Waals surface area contributed by atoms with E-state index in [1.54, 1.807) is 6.08 Å². The largest absolute Gasteiger partial charge is 0.478 e. The van der Waals surface area contributed by atoms with Crippen molar-refractivity contribution >= 4 is 12.0 Å². The van der Waals surface area contributed by atoms with Crippen molar-refractivity contribution in [1.82, 2.24) is 0 Å². The van der Waals surface area contributed by atoms with Crippen molar-refractivity contribution in [2.24, 2.45) is 5.92 Å². The van der Waals surface area contributed by atoms with Gasteiger partial charge in [0.05, 0.1) is 0 Å². The van der Waals surface area contributed by atoms with Gasteiger partial charge in [-0.1, -0.05) is 44.2 Å². The molecule has 0 atom stereocenters. The van der Waals surface area contributed by atoms with Crippen LogP contribution in [0.2, 0.25) is 0 Å². The number of benzene rings is 1. The molecule has 0 aromatic heterocycles. The van der Waals surface area contributed by atoms with Crippen LogP contribution >= 0.6 is 0 Å². The molecule has 0 radical (unpaired) electrons. The van der Waals surface area contributed by atoms with Gasteiger partial charge in [0.1, 0.15) is 0 Å². The van der Waals surface area contributed by atoms with E-state index in [1.807, 2.05) is 44.2 Å². The molecule has 2 heteroatoms. The second-order valence-corrected chi connectivity index (χ2v) is 3.83. The topological polar surface area (TPSA) is 37.3 Å². The van der Waals surface area contributed by atoms with Gasteiger partial charge in [0, 0.05) is 5.57 Å². The summed E-state index contributed by atoms with van der Waals surface area (Å²) in [4.78, 5) is 11.2. The third-order valence-corrected chi connectivity index (χ3v) is 2.79. The number of hydrogen-bond donors (Lipinski definition) is 1. The lowest BCUT2D eigenvalue weighted by atomic mass is 9.92. The highest BCUT2D eigenvalue weighted by atomic mass is 16.4. The van der Waals surface area contributed by atoms with Crippen LogP contribution in [0.4, 0.5) is 0 Å².